The van der Waals surface area contributed by atoms with E-state index in [1.807, 2.05) is 93.9 Å². The van der Waals surface area contributed by atoms with Crippen LogP contribution < -0.4 is 0 Å². The Kier molecular flexibility index (Phi) is 13.5. The Morgan fingerprint density at radius 1 is 0.344 bits per heavy atom. The monoisotopic (exact) mass is 1370 g/mol. The van der Waals surface area contributed by atoms with Crippen molar-refractivity contribution >= 4 is 155 Å². The number of hydrogen-bond acceptors (Lipinski definition) is 16. The number of aryl methyl sites for hydroxylation is 4. The van der Waals surface area contributed by atoms with Crippen LogP contribution in [0.3, 0.4) is 0 Å². The lowest BCUT2D eigenvalue weighted by atomic mass is 9.66. The molecule has 0 saturated carbocycles. The fourth-order valence-electron chi connectivity index (χ4n) is 14.5. The zero-order valence-corrected chi connectivity index (χ0v) is 57.9. The maximum absolute atomic E-state index is 9.55. The van der Waals surface area contributed by atoms with Crippen molar-refractivity contribution in [1.29, 1.82) is 21.0 Å². The molecule has 0 N–H and O–H groups in total. The summed E-state index contributed by atoms with van der Waals surface area (Å²) in [6.07, 6.45) is 3.17. The minimum absolute atomic E-state index is 0.0227. The lowest BCUT2D eigenvalue weighted by Gasteiger charge is -2.34. The third kappa shape index (κ3) is 8.65. The van der Waals surface area contributed by atoms with Crippen LogP contribution in [-0.2, 0) is 10.8 Å². The molecule has 8 aromatic heterocycles. The van der Waals surface area contributed by atoms with Gasteiger partial charge in [-0.2, -0.15) is 38.5 Å². The van der Waals surface area contributed by atoms with Crippen molar-refractivity contribution in [3.63, 3.8) is 0 Å². The Morgan fingerprint density at radius 2 is 0.708 bits per heavy atom. The normalized spacial score (nSPS) is 13.1. The van der Waals surface area contributed by atoms with E-state index in [2.05, 4.69) is 194 Å². The van der Waals surface area contributed by atoms with Gasteiger partial charge in [0.1, 0.15) is 57.5 Å². The number of hydrogen-bond donors (Lipinski definition) is 0. The lowest BCUT2D eigenvalue weighted by Crippen LogP contribution is -2.29. The van der Waals surface area contributed by atoms with Gasteiger partial charge in [0.2, 0.25) is 0 Å². The van der Waals surface area contributed by atoms with Gasteiger partial charge in [0.05, 0.1) is 43.7 Å². The van der Waals surface area contributed by atoms with Gasteiger partial charge in [-0.05, 0) is 156 Å². The van der Waals surface area contributed by atoms with Crippen LogP contribution in [0.4, 0.5) is 0 Å². The first kappa shape index (κ1) is 58.4. The average molecular weight is 1370 g/mol. The summed E-state index contributed by atoms with van der Waals surface area (Å²) >= 11 is 13.4. The van der Waals surface area contributed by atoms with Crippen molar-refractivity contribution in [2.24, 2.45) is 0 Å². The SMILES string of the molecule is Cc1ccc(C2(c3ccc(C)cc3)c3cc4cc(-c5ccc(-c6ccc(C=C(C#N)C#N)c7nsnc67)s5)sc4cc3-c3sc4c5c(sc4c32)-c2cc3cc(-c4ccc(-c6ccc(C=C(C#N)C#N)c7nsnc67)s4)sc3cc2C5(c2ccc(C)cc2)c2ccc(C)cc2)cc1. The van der Waals surface area contributed by atoms with Gasteiger partial charge in [-0.15, -0.1) is 68.0 Å². The molecule has 0 aliphatic heterocycles. The largest absolute Gasteiger partial charge is 0.192 e. The second kappa shape index (κ2) is 22.2. The summed E-state index contributed by atoms with van der Waals surface area (Å²) in [6.45, 7) is 8.73. The van der Waals surface area contributed by atoms with E-state index in [9.17, 15) is 21.0 Å². The molecule has 0 unspecified atom stereocenters. The second-order valence-electron chi connectivity index (χ2n) is 24.5. The van der Waals surface area contributed by atoms with Gasteiger partial charge in [-0.1, -0.05) is 144 Å². The molecule has 2 aliphatic carbocycles. The first-order valence-electron chi connectivity index (χ1n) is 30.8. The molecule has 18 rings (SSSR count). The smallest absolute Gasteiger partial charge is 0.130 e. The van der Waals surface area contributed by atoms with Gasteiger partial charge >= 0.3 is 0 Å². The van der Waals surface area contributed by atoms with E-state index in [-0.39, 0.29) is 11.1 Å². The van der Waals surface area contributed by atoms with Crippen molar-refractivity contribution in [2.45, 2.75) is 38.5 Å². The molecule has 16 heteroatoms. The zero-order valence-electron chi connectivity index (χ0n) is 51.3. The van der Waals surface area contributed by atoms with E-state index in [0.717, 1.165) is 65.1 Å². The predicted octanol–water partition coefficient (Wildman–Crippen LogP) is 23.0. The molecule has 0 amide bonds. The maximum Gasteiger partial charge on any atom is 0.130 e. The Bertz CT molecular complexity index is 5740. The fraction of sp³-hybridized carbons (Fsp3) is 0.0750. The quantitative estimate of drug-likeness (QED) is 0.123. The summed E-state index contributed by atoms with van der Waals surface area (Å²) in [5.74, 6) is 0. The fourth-order valence-corrected chi connectivity index (χ4v) is 23.3. The Balaban J connectivity index is 0.838. The van der Waals surface area contributed by atoms with E-state index >= 15 is 0 Å². The molecule has 8 aromatic carbocycles. The molecule has 16 aromatic rings. The number of nitriles is 4. The van der Waals surface area contributed by atoms with E-state index in [1.165, 1.54) is 127 Å². The molecular formula is C80H44N8S8. The van der Waals surface area contributed by atoms with E-state index in [4.69, 9.17) is 8.75 Å². The van der Waals surface area contributed by atoms with Crippen molar-refractivity contribution in [3.05, 3.63) is 271 Å². The molecule has 8 heterocycles. The summed E-state index contributed by atoms with van der Waals surface area (Å²) in [6, 6.07) is 76.8. The summed E-state index contributed by atoms with van der Waals surface area (Å²) in [7, 11) is 0. The zero-order chi connectivity index (χ0) is 64.9. The molecule has 0 bridgehead atoms. The third-order valence-corrected chi connectivity index (χ3v) is 27.5. The summed E-state index contributed by atoms with van der Waals surface area (Å²) in [5.41, 5.74) is 22.5. The predicted molar refractivity (Wildman–Crippen MR) is 402 cm³/mol. The van der Waals surface area contributed by atoms with Crippen molar-refractivity contribution in [3.8, 4) is 85.5 Å². The highest BCUT2D eigenvalue weighted by atomic mass is 32.1. The first-order valence-corrected chi connectivity index (χ1v) is 37.1. The molecule has 0 spiro atoms. The molecule has 452 valence electrons. The number of allylic oxidation sites excluding steroid dienone is 2. The van der Waals surface area contributed by atoms with Crippen LogP contribution in [0.5, 0.6) is 0 Å². The van der Waals surface area contributed by atoms with Crippen molar-refractivity contribution in [2.75, 3.05) is 0 Å². The number of benzene rings is 8. The molecule has 2 aliphatic rings. The van der Waals surface area contributed by atoms with Crippen LogP contribution in [0.25, 0.3) is 125 Å². The molecule has 0 atom stereocenters. The van der Waals surface area contributed by atoms with Gasteiger partial charge in [0, 0.05) is 81.8 Å². The molecule has 0 saturated heterocycles. The second-order valence-corrected chi connectivity index (χ2v) is 32.0. The number of aromatic nitrogens is 4. The minimum atomic E-state index is -0.686. The third-order valence-electron chi connectivity index (χ3n) is 19.0. The Hall–Kier alpha value is -10.2. The van der Waals surface area contributed by atoms with Gasteiger partial charge in [0.15, 0.2) is 0 Å². The molecule has 0 radical (unpaired) electrons. The van der Waals surface area contributed by atoms with E-state index in [1.54, 1.807) is 34.8 Å². The molecule has 0 fully saturated rings. The molecule has 8 nitrogen and oxygen atoms in total. The Morgan fingerprint density at radius 3 is 1.12 bits per heavy atom. The first-order chi connectivity index (χ1) is 46.9. The summed E-state index contributed by atoms with van der Waals surface area (Å²) in [5, 5.41) is 40.6. The number of rotatable bonds is 10. The van der Waals surface area contributed by atoms with Gasteiger partial charge in [-0.25, -0.2) is 0 Å². The average Bonchev–Trinajstić information content (AvgIpc) is 1.49. The highest BCUT2D eigenvalue weighted by molar-refractivity contribution is 7.32. The van der Waals surface area contributed by atoms with Crippen LogP contribution in [0, 0.1) is 73.0 Å². The lowest BCUT2D eigenvalue weighted by molar-refractivity contribution is 0.775. The van der Waals surface area contributed by atoms with E-state index < -0.39 is 10.8 Å². The standard InChI is InChI=1S/C80H44N8S8/c1-41-5-15-51(16-6-41)79(52-17-7-42(2)8-18-52)59-32-50-34-68(64-28-26-62(90-64)56-24-14-48(30-46(39-83)40-84)72-74(56)88-96-86-72)91-65(50)35-58(59)76-70(79)78-77(94-76)69-75(93-78)57-31-49-33-67(63-27-25-61(89-63)55-23-13-47(29-45(37-81)38-82)71-73(55)87-95-85-71)92-66(49)36-60(57)80(69,53-19-9-43(3)10-20-53)54-21-11-44(4)12-22-54/h5-36H,1-4H3. The van der Waals surface area contributed by atoms with Crippen LogP contribution in [0.1, 0.15) is 77.9 Å². The molecular weight excluding hydrogens is 1330 g/mol. The number of thiophene rings is 6. The highest BCUT2D eigenvalue weighted by Gasteiger charge is 2.54. The van der Waals surface area contributed by atoms with Gasteiger partial charge in [0.25, 0.3) is 0 Å². The highest BCUT2D eigenvalue weighted by Crippen LogP contribution is 2.69. The molecule has 96 heavy (non-hydrogen) atoms. The Labute approximate surface area is 583 Å². The van der Waals surface area contributed by atoms with Gasteiger partial charge in [-0.3, -0.25) is 0 Å². The topological polar surface area (TPSA) is 147 Å². The summed E-state index contributed by atoms with van der Waals surface area (Å²) in [4.78, 5) is 9.47. The van der Waals surface area contributed by atoms with Crippen molar-refractivity contribution in [1.82, 2.24) is 17.5 Å². The van der Waals surface area contributed by atoms with Crippen LogP contribution >= 0.6 is 91.5 Å². The number of fused-ring (bicyclic) bond motifs is 13. The number of nitrogens with zero attached hydrogens (tertiary/aromatic N) is 8. The van der Waals surface area contributed by atoms with Crippen LogP contribution in [0.2, 0.25) is 0 Å². The van der Waals surface area contributed by atoms with Gasteiger partial charge < -0.3 is 0 Å². The maximum atomic E-state index is 9.55. The van der Waals surface area contributed by atoms with Crippen LogP contribution in [0.15, 0.2) is 193 Å². The van der Waals surface area contributed by atoms with E-state index in [0.29, 0.717) is 22.2 Å². The van der Waals surface area contributed by atoms with Crippen LogP contribution in [-0.4, -0.2) is 17.5 Å². The van der Waals surface area contributed by atoms with Crippen molar-refractivity contribution < 1.29 is 0 Å². The minimum Gasteiger partial charge on any atom is -0.192 e. The summed E-state index contributed by atoms with van der Waals surface area (Å²) < 4.78 is 23.8.